The van der Waals surface area contributed by atoms with E-state index in [4.69, 9.17) is 13.1 Å². The van der Waals surface area contributed by atoms with Gasteiger partial charge in [0.1, 0.15) is 0 Å². The number of hydrogen-bond donors (Lipinski definition) is 1. The highest BCUT2D eigenvalue weighted by Gasteiger charge is 2.51. The molecule has 0 aliphatic heterocycles. The molecule has 0 radical (unpaired) electrons. The molecule has 4 bridgehead atoms. The fourth-order valence-electron chi connectivity index (χ4n) is 5.66. The topological polar surface area (TPSA) is 44.5 Å². The second-order valence-corrected chi connectivity index (χ2v) is 7.90. The van der Waals surface area contributed by atoms with Gasteiger partial charge in [-0.15, -0.1) is 0 Å². The first-order valence-electron chi connectivity index (χ1n) is 8.45. The normalized spacial score (nSPS) is 39.3. The van der Waals surface area contributed by atoms with Crippen molar-refractivity contribution < 1.29 is 0 Å². The van der Waals surface area contributed by atoms with Crippen LogP contribution in [-0.2, 0) is 0 Å². The summed E-state index contributed by atoms with van der Waals surface area (Å²) < 4.78 is 0. The average Bonchev–Trinajstić information content (AvgIpc) is 2.49. The zero-order valence-electron chi connectivity index (χ0n) is 13.3. The lowest BCUT2D eigenvalue weighted by atomic mass is 9.49. The Morgan fingerprint density at radius 3 is 2.09 bits per heavy atom. The maximum atomic E-state index is 9.19. The first kappa shape index (κ1) is 15.3. The van der Waals surface area contributed by atoms with Gasteiger partial charge in [-0.05, 0) is 61.7 Å². The van der Waals surface area contributed by atoms with E-state index < -0.39 is 6.04 Å². The molecule has 22 heavy (non-hydrogen) atoms. The van der Waals surface area contributed by atoms with Crippen molar-refractivity contribution >= 4 is 0 Å². The third-order valence-electron chi connectivity index (χ3n) is 6.21. The molecule has 4 heteroatoms. The summed E-state index contributed by atoms with van der Waals surface area (Å²) >= 11 is 0. The lowest BCUT2D eigenvalue weighted by Crippen LogP contribution is -2.54. The van der Waals surface area contributed by atoms with Crippen LogP contribution in [0.4, 0.5) is 0 Å². The Kier molecular flexibility index (Phi) is 4.12. The van der Waals surface area contributed by atoms with E-state index in [1.807, 2.05) is 6.92 Å². The third kappa shape index (κ3) is 2.71. The molecule has 4 aliphatic rings. The van der Waals surface area contributed by atoms with Crippen LogP contribution >= 0.6 is 0 Å². The van der Waals surface area contributed by atoms with Gasteiger partial charge in [0.2, 0.25) is 6.04 Å². The number of rotatable bonds is 5. The molecular formula is C18H24N4. The standard InChI is InChI=1S/C18H24N4/c1-12(20-2)17(16(10-19)21-3)22-11-18-7-13-4-14(8-18)6-15(5-13)9-18/h12-17,22H,4-9,11H2,1H3. The molecule has 0 aromatic heterocycles. The number of hydrogen-bond acceptors (Lipinski definition) is 2. The Labute approximate surface area is 133 Å². The number of nitrogens with zero attached hydrogens (tertiary/aromatic N) is 3. The van der Waals surface area contributed by atoms with E-state index in [0.29, 0.717) is 5.41 Å². The first-order valence-corrected chi connectivity index (χ1v) is 8.45. The number of nitriles is 1. The van der Waals surface area contributed by atoms with E-state index in [0.717, 1.165) is 24.3 Å². The Balaban J connectivity index is 1.69. The number of nitrogens with one attached hydrogen (secondary N) is 1. The molecular weight excluding hydrogens is 272 g/mol. The molecule has 1 N–H and O–H groups in total. The summed E-state index contributed by atoms with van der Waals surface area (Å²) in [5.74, 6) is 2.70. The fraction of sp³-hybridized carbons (Fsp3) is 0.833. The van der Waals surface area contributed by atoms with Crippen molar-refractivity contribution in [3.63, 3.8) is 0 Å². The second kappa shape index (κ2) is 5.91. The molecule has 4 saturated carbocycles. The average molecular weight is 296 g/mol. The van der Waals surface area contributed by atoms with Crippen molar-refractivity contribution in [1.82, 2.24) is 5.32 Å². The Hall–Kier alpha value is -1.57. The van der Waals surface area contributed by atoms with Gasteiger partial charge in [-0.2, -0.15) is 5.26 Å². The van der Waals surface area contributed by atoms with Crippen LogP contribution in [0.5, 0.6) is 0 Å². The van der Waals surface area contributed by atoms with E-state index in [9.17, 15) is 5.26 Å². The minimum atomic E-state index is -0.752. The molecule has 4 nitrogen and oxygen atoms in total. The van der Waals surface area contributed by atoms with Crippen LogP contribution in [0.15, 0.2) is 0 Å². The molecule has 4 fully saturated rings. The summed E-state index contributed by atoms with van der Waals surface area (Å²) in [6.45, 7) is 17.2. The summed E-state index contributed by atoms with van der Waals surface area (Å²) in [5.41, 5.74) is 0.372. The van der Waals surface area contributed by atoms with Crippen LogP contribution in [0, 0.1) is 47.6 Å². The van der Waals surface area contributed by atoms with Crippen molar-refractivity contribution in [1.29, 1.82) is 5.26 Å². The van der Waals surface area contributed by atoms with Crippen LogP contribution in [0.2, 0.25) is 0 Å². The molecule has 0 heterocycles. The molecule has 0 amide bonds. The molecule has 3 atom stereocenters. The summed E-state index contributed by atoms with van der Waals surface area (Å²) in [6, 6.07) is 0.662. The van der Waals surface area contributed by atoms with Crippen molar-refractivity contribution in [2.75, 3.05) is 6.54 Å². The monoisotopic (exact) mass is 296 g/mol. The third-order valence-corrected chi connectivity index (χ3v) is 6.21. The maximum Gasteiger partial charge on any atom is 0.329 e. The van der Waals surface area contributed by atoms with E-state index in [1.54, 1.807) is 0 Å². The maximum absolute atomic E-state index is 9.19. The van der Waals surface area contributed by atoms with Gasteiger partial charge in [0.15, 0.2) is 12.1 Å². The Morgan fingerprint density at radius 1 is 1.14 bits per heavy atom. The summed E-state index contributed by atoms with van der Waals surface area (Å²) in [6.07, 6.45) is 8.18. The van der Waals surface area contributed by atoms with Gasteiger partial charge in [-0.1, -0.05) is 0 Å². The van der Waals surface area contributed by atoms with Crippen LogP contribution in [-0.4, -0.2) is 24.7 Å². The lowest BCUT2D eigenvalue weighted by Gasteiger charge is -2.57. The molecule has 0 spiro atoms. The SMILES string of the molecule is [C-]#[N+]C(C)C(NCC12CC3CC(CC(C3)C1)C2)C(C#N)[N+]#[C-]. The molecule has 4 rings (SSSR count). The van der Waals surface area contributed by atoms with Gasteiger partial charge in [0.25, 0.3) is 0 Å². The highest BCUT2D eigenvalue weighted by Crippen LogP contribution is 2.59. The zero-order chi connectivity index (χ0) is 15.7. The molecule has 0 saturated heterocycles. The van der Waals surface area contributed by atoms with Crippen molar-refractivity contribution in [2.24, 2.45) is 23.2 Å². The Morgan fingerprint density at radius 2 is 1.68 bits per heavy atom. The lowest BCUT2D eigenvalue weighted by molar-refractivity contribution is -0.0525. The largest absolute Gasteiger partial charge is 0.329 e. The van der Waals surface area contributed by atoms with E-state index in [2.05, 4.69) is 21.1 Å². The zero-order valence-corrected chi connectivity index (χ0v) is 13.3. The van der Waals surface area contributed by atoms with Gasteiger partial charge in [0, 0.05) is 13.5 Å². The second-order valence-electron chi connectivity index (χ2n) is 7.90. The summed E-state index contributed by atoms with van der Waals surface area (Å²) in [5, 5.41) is 12.7. The van der Waals surface area contributed by atoms with E-state index in [1.165, 1.54) is 38.5 Å². The Bertz CT molecular complexity index is 498. The van der Waals surface area contributed by atoms with Gasteiger partial charge in [0.05, 0.1) is 0 Å². The van der Waals surface area contributed by atoms with Gasteiger partial charge in [-0.3, -0.25) is 10.2 Å². The van der Waals surface area contributed by atoms with Gasteiger partial charge >= 0.3 is 6.04 Å². The van der Waals surface area contributed by atoms with Crippen molar-refractivity contribution in [3.05, 3.63) is 22.8 Å². The van der Waals surface area contributed by atoms with Gasteiger partial charge < -0.3 is 4.85 Å². The smallest absolute Gasteiger partial charge is 0.312 e. The minimum absolute atomic E-state index is 0.326. The molecule has 0 aromatic rings. The molecule has 0 aromatic carbocycles. The van der Waals surface area contributed by atoms with Crippen molar-refractivity contribution in [2.45, 2.75) is 63.6 Å². The fourth-order valence-corrected chi connectivity index (χ4v) is 5.66. The van der Waals surface area contributed by atoms with Crippen LogP contribution in [0.1, 0.15) is 45.4 Å². The van der Waals surface area contributed by atoms with Crippen LogP contribution < -0.4 is 5.32 Å². The minimum Gasteiger partial charge on any atom is -0.312 e. The van der Waals surface area contributed by atoms with Crippen molar-refractivity contribution in [3.8, 4) is 6.07 Å². The predicted octanol–water partition coefficient (Wildman–Crippen LogP) is 3.28. The highest BCUT2D eigenvalue weighted by molar-refractivity contribution is 5.12. The summed E-state index contributed by atoms with van der Waals surface area (Å²) in [7, 11) is 0. The molecule has 116 valence electrons. The van der Waals surface area contributed by atoms with Crippen LogP contribution in [0.3, 0.4) is 0 Å². The van der Waals surface area contributed by atoms with Crippen LogP contribution in [0.25, 0.3) is 9.69 Å². The predicted molar refractivity (Wildman–Crippen MR) is 84.5 cm³/mol. The van der Waals surface area contributed by atoms with E-state index in [-0.39, 0.29) is 12.1 Å². The summed E-state index contributed by atoms with van der Waals surface area (Å²) in [4.78, 5) is 6.99. The highest BCUT2D eigenvalue weighted by atomic mass is 15.0. The van der Waals surface area contributed by atoms with Gasteiger partial charge in [-0.25, -0.2) is 13.1 Å². The molecule has 4 aliphatic carbocycles. The molecule has 3 unspecified atom stereocenters. The van der Waals surface area contributed by atoms with E-state index >= 15 is 0 Å². The first-order chi connectivity index (χ1) is 10.6. The quantitative estimate of drug-likeness (QED) is 0.791.